The number of methoxy groups -OCH3 is 2. The van der Waals surface area contributed by atoms with Crippen LogP contribution in [0.4, 0.5) is 0 Å². The third-order valence-corrected chi connectivity index (χ3v) is 2.67. The van der Waals surface area contributed by atoms with E-state index in [1.165, 1.54) is 31.4 Å². The molecule has 0 spiro atoms. The fourth-order valence-electron chi connectivity index (χ4n) is 1.52. The predicted molar refractivity (Wildman–Crippen MR) is 71.1 cm³/mol. The third kappa shape index (κ3) is 4.62. The highest BCUT2D eigenvalue weighted by molar-refractivity contribution is 5.97. The Kier molecular flexibility index (Phi) is 5.89. The van der Waals surface area contributed by atoms with E-state index in [4.69, 9.17) is 5.26 Å². The van der Waals surface area contributed by atoms with Gasteiger partial charge in [0.05, 0.1) is 32.3 Å². The lowest BCUT2D eigenvalue weighted by atomic mass is 10.1. The van der Waals surface area contributed by atoms with Crippen LogP contribution in [-0.4, -0.2) is 38.1 Å². The van der Waals surface area contributed by atoms with Gasteiger partial charge in [-0.3, -0.25) is 9.59 Å². The van der Waals surface area contributed by atoms with Crippen molar-refractivity contribution in [3.05, 3.63) is 35.4 Å². The smallest absolute Gasteiger partial charge is 0.328 e. The topological polar surface area (TPSA) is 105 Å². The number of esters is 2. The maximum Gasteiger partial charge on any atom is 0.328 e. The van der Waals surface area contributed by atoms with Crippen LogP contribution in [0.1, 0.15) is 22.3 Å². The average molecular weight is 290 g/mol. The summed E-state index contributed by atoms with van der Waals surface area (Å²) in [5.74, 6) is -1.95. The van der Waals surface area contributed by atoms with Crippen molar-refractivity contribution in [2.45, 2.75) is 12.5 Å². The van der Waals surface area contributed by atoms with Crippen molar-refractivity contribution in [1.82, 2.24) is 5.32 Å². The molecule has 0 radical (unpaired) electrons. The molecule has 0 saturated carbocycles. The summed E-state index contributed by atoms with van der Waals surface area (Å²) in [4.78, 5) is 34.8. The molecule has 0 aliphatic rings. The quantitative estimate of drug-likeness (QED) is 0.786. The van der Waals surface area contributed by atoms with Crippen molar-refractivity contribution in [1.29, 1.82) is 5.26 Å². The molecule has 110 valence electrons. The molecule has 21 heavy (non-hydrogen) atoms. The van der Waals surface area contributed by atoms with Crippen molar-refractivity contribution in [3.63, 3.8) is 0 Å². The summed E-state index contributed by atoms with van der Waals surface area (Å²) in [5, 5.41) is 11.1. The van der Waals surface area contributed by atoms with E-state index in [0.717, 1.165) is 7.11 Å². The van der Waals surface area contributed by atoms with Crippen LogP contribution in [0.3, 0.4) is 0 Å². The summed E-state index contributed by atoms with van der Waals surface area (Å²) < 4.78 is 8.99. The minimum absolute atomic E-state index is 0.257. The molecule has 1 rings (SSSR count). The van der Waals surface area contributed by atoms with Gasteiger partial charge in [-0.1, -0.05) is 0 Å². The van der Waals surface area contributed by atoms with Crippen LogP contribution in [0, 0.1) is 11.3 Å². The first-order valence-corrected chi connectivity index (χ1v) is 5.97. The first kappa shape index (κ1) is 16.2. The van der Waals surface area contributed by atoms with Crippen molar-refractivity contribution in [2.24, 2.45) is 0 Å². The fraction of sp³-hybridized carbons (Fsp3) is 0.286. The van der Waals surface area contributed by atoms with Gasteiger partial charge in [-0.05, 0) is 24.3 Å². The van der Waals surface area contributed by atoms with E-state index in [1.54, 1.807) is 0 Å². The van der Waals surface area contributed by atoms with Gasteiger partial charge in [0.2, 0.25) is 0 Å². The van der Waals surface area contributed by atoms with Gasteiger partial charge in [0.15, 0.2) is 0 Å². The van der Waals surface area contributed by atoms with Gasteiger partial charge >= 0.3 is 11.9 Å². The molecule has 0 bridgehead atoms. The molecule has 0 aromatic heterocycles. The number of benzene rings is 1. The summed E-state index contributed by atoms with van der Waals surface area (Å²) in [6, 6.07) is 6.63. The lowest BCUT2D eigenvalue weighted by molar-refractivity contribution is -0.149. The first-order valence-electron chi connectivity index (χ1n) is 5.97. The van der Waals surface area contributed by atoms with Crippen LogP contribution in [0.25, 0.3) is 0 Å². The van der Waals surface area contributed by atoms with E-state index >= 15 is 0 Å². The zero-order valence-electron chi connectivity index (χ0n) is 11.6. The van der Waals surface area contributed by atoms with Gasteiger partial charge in [-0.2, -0.15) is 5.26 Å². The Morgan fingerprint density at radius 1 is 1.19 bits per heavy atom. The Labute approximate surface area is 121 Å². The average Bonchev–Trinajstić information content (AvgIpc) is 2.53. The van der Waals surface area contributed by atoms with Gasteiger partial charge < -0.3 is 14.8 Å². The Morgan fingerprint density at radius 2 is 1.81 bits per heavy atom. The minimum Gasteiger partial charge on any atom is -0.469 e. The molecule has 0 unspecified atom stereocenters. The number of carbonyl (C=O) groups excluding carboxylic acids is 3. The molecule has 1 aromatic carbocycles. The van der Waals surface area contributed by atoms with Crippen LogP contribution >= 0.6 is 0 Å². The number of amides is 1. The maximum atomic E-state index is 12.0. The van der Waals surface area contributed by atoms with Gasteiger partial charge in [0, 0.05) is 5.56 Å². The Hall–Kier alpha value is -2.88. The standard InChI is InChI=1S/C14H14N2O5/c1-20-12(17)7-11(14(19)21-2)16-13(18)10-5-3-9(8-15)4-6-10/h3-6,11H,7H2,1-2H3,(H,16,18)/t11-/m0/s1. The zero-order chi connectivity index (χ0) is 15.8. The molecule has 0 heterocycles. The molecular weight excluding hydrogens is 276 g/mol. The number of nitrogens with zero attached hydrogens (tertiary/aromatic N) is 1. The highest BCUT2D eigenvalue weighted by atomic mass is 16.5. The fourth-order valence-corrected chi connectivity index (χ4v) is 1.52. The Morgan fingerprint density at radius 3 is 2.29 bits per heavy atom. The monoisotopic (exact) mass is 290 g/mol. The molecule has 7 nitrogen and oxygen atoms in total. The van der Waals surface area contributed by atoms with Crippen LogP contribution < -0.4 is 5.32 Å². The lowest BCUT2D eigenvalue weighted by Gasteiger charge is -2.15. The summed E-state index contributed by atoms with van der Waals surface area (Å²) in [7, 11) is 2.33. The molecule has 0 aliphatic carbocycles. The van der Waals surface area contributed by atoms with Crippen LogP contribution in [-0.2, 0) is 19.1 Å². The van der Waals surface area contributed by atoms with Crippen LogP contribution in [0.2, 0.25) is 0 Å². The van der Waals surface area contributed by atoms with Gasteiger partial charge in [0.1, 0.15) is 6.04 Å². The second kappa shape index (κ2) is 7.65. The molecule has 1 amide bonds. The number of ether oxygens (including phenoxy) is 2. The molecular formula is C14H14N2O5. The van der Waals surface area contributed by atoms with E-state index in [-0.39, 0.29) is 12.0 Å². The zero-order valence-corrected chi connectivity index (χ0v) is 11.6. The number of hydrogen-bond acceptors (Lipinski definition) is 6. The van der Waals surface area contributed by atoms with Crippen LogP contribution in [0.15, 0.2) is 24.3 Å². The van der Waals surface area contributed by atoms with Gasteiger partial charge in [-0.25, -0.2) is 4.79 Å². The second-order valence-electron chi connectivity index (χ2n) is 4.02. The molecule has 0 aliphatic heterocycles. The number of hydrogen-bond donors (Lipinski definition) is 1. The van der Waals surface area contributed by atoms with E-state index in [1.807, 2.05) is 6.07 Å². The van der Waals surface area contributed by atoms with E-state index in [9.17, 15) is 14.4 Å². The van der Waals surface area contributed by atoms with Crippen molar-refractivity contribution < 1.29 is 23.9 Å². The maximum absolute atomic E-state index is 12.0. The second-order valence-corrected chi connectivity index (χ2v) is 4.02. The number of rotatable bonds is 5. The molecule has 0 fully saturated rings. The van der Waals surface area contributed by atoms with E-state index in [0.29, 0.717) is 5.56 Å². The van der Waals surface area contributed by atoms with Crippen LogP contribution in [0.5, 0.6) is 0 Å². The third-order valence-electron chi connectivity index (χ3n) is 2.67. The highest BCUT2D eigenvalue weighted by Crippen LogP contribution is 2.05. The first-order chi connectivity index (χ1) is 10.0. The normalized spacial score (nSPS) is 10.9. The summed E-state index contributed by atoms with van der Waals surface area (Å²) in [6.45, 7) is 0. The molecule has 7 heteroatoms. The van der Waals surface area contributed by atoms with Gasteiger partial charge in [0.25, 0.3) is 5.91 Å². The number of carbonyl (C=O) groups is 3. The molecule has 1 atom stereocenters. The largest absolute Gasteiger partial charge is 0.469 e. The SMILES string of the molecule is COC(=O)C[C@H](NC(=O)c1ccc(C#N)cc1)C(=O)OC. The number of nitriles is 1. The highest BCUT2D eigenvalue weighted by Gasteiger charge is 2.25. The lowest BCUT2D eigenvalue weighted by Crippen LogP contribution is -2.43. The molecule has 1 N–H and O–H groups in total. The predicted octanol–water partition coefficient (Wildman–Crippen LogP) is 0.393. The minimum atomic E-state index is -1.13. The summed E-state index contributed by atoms with van der Waals surface area (Å²) in [6.07, 6.45) is -0.328. The van der Waals surface area contributed by atoms with E-state index < -0.39 is 23.9 Å². The van der Waals surface area contributed by atoms with Crippen molar-refractivity contribution >= 4 is 17.8 Å². The Bertz CT molecular complexity index is 574. The summed E-state index contributed by atoms with van der Waals surface area (Å²) >= 11 is 0. The van der Waals surface area contributed by atoms with Gasteiger partial charge in [-0.15, -0.1) is 0 Å². The molecule has 0 saturated heterocycles. The van der Waals surface area contributed by atoms with Crippen molar-refractivity contribution in [2.75, 3.05) is 14.2 Å². The van der Waals surface area contributed by atoms with E-state index in [2.05, 4.69) is 14.8 Å². The van der Waals surface area contributed by atoms with Crippen molar-refractivity contribution in [3.8, 4) is 6.07 Å². The molecule has 1 aromatic rings. The number of nitrogens with one attached hydrogen (secondary N) is 1. The Balaban J connectivity index is 2.81. The summed E-state index contributed by atoms with van der Waals surface area (Å²) in [5.41, 5.74) is 0.665.